The second-order valence-electron chi connectivity index (χ2n) is 3.78. The Morgan fingerprint density at radius 1 is 1.67 bits per heavy atom. The molecule has 1 rings (SSSR count). The average molecular weight is 216 g/mol. The SMILES string of the molecule is CC1OCCC1N(C)C(=O)COCCN. The first-order valence-electron chi connectivity index (χ1n) is 5.32. The van der Waals surface area contributed by atoms with Gasteiger partial charge in [-0.25, -0.2) is 0 Å². The predicted octanol–water partition coefficient (Wildman–Crippen LogP) is -0.402. The Labute approximate surface area is 90.5 Å². The molecule has 1 saturated heterocycles. The molecule has 0 spiro atoms. The summed E-state index contributed by atoms with van der Waals surface area (Å²) in [7, 11) is 1.80. The van der Waals surface area contributed by atoms with Gasteiger partial charge in [0.05, 0.1) is 18.8 Å². The highest BCUT2D eigenvalue weighted by Crippen LogP contribution is 2.18. The molecule has 2 N–H and O–H groups in total. The van der Waals surface area contributed by atoms with Crippen molar-refractivity contribution in [2.75, 3.05) is 33.4 Å². The molecule has 15 heavy (non-hydrogen) atoms. The molecular formula is C10H20N2O3. The topological polar surface area (TPSA) is 64.8 Å². The number of hydrogen-bond donors (Lipinski definition) is 1. The first kappa shape index (κ1) is 12.4. The first-order chi connectivity index (χ1) is 7.16. The van der Waals surface area contributed by atoms with Gasteiger partial charge in [0.2, 0.25) is 5.91 Å². The minimum atomic E-state index is -0.00852. The van der Waals surface area contributed by atoms with E-state index in [-0.39, 0.29) is 24.7 Å². The van der Waals surface area contributed by atoms with Gasteiger partial charge in [0, 0.05) is 20.2 Å². The number of carbonyl (C=O) groups is 1. The molecule has 2 unspecified atom stereocenters. The van der Waals surface area contributed by atoms with Crippen LogP contribution in [0.5, 0.6) is 0 Å². The zero-order valence-electron chi connectivity index (χ0n) is 9.44. The van der Waals surface area contributed by atoms with E-state index in [2.05, 4.69) is 0 Å². The van der Waals surface area contributed by atoms with Crippen molar-refractivity contribution in [1.82, 2.24) is 4.90 Å². The Balaban J connectivity index is 2.31. The van der Waals surface area contributed by atoms with Gasteiger partial charge in [0.1, 0.15) is 6.61 Å². The maximum Gasteiger partial charge on any atom is 0.248 e. The van der Waals surface area contributed by atoms with E-state index in [0.29, 0.717) is 13.2 Å². The van der Waals surface area contributed by atoms with Crippen molar-refractivity contribution in [3.8, 4) is 0 Å². The van der Waals surface area contributed by atoms with Crippen LogP contribution < -0.4 is 5.73 Å². The van der Waals surface area contributed by atoms with Crippen molar-refractivity contribution in [1.29, 1.82) is 0 Å². The normalized spacial score (nSPS) is 25.5. The highest BCUT2D eigenvalue weighted by molar-refractivity contribution is 5.77. The van der Waals surface area contributed by atoms with E-state index in [1.54, 1.807) is 11.9 Å². The summed E-state index contributed by atoms with van der Waals surface area (Å²) in [6.07, 6.45) is 1.02. The third-order valence-electron chi connectivity index (χ3n) is 2.71. The Morgan fingerprint density at radius 2 is 2.40 bits per heavy atom. The molecule has 0 radical (unpaired) electrons. The quantitative estimate of drug-likeness (QED) is 0.635. The molecule has 0 saturated carbocycles. The lowest BCUT2D eigenvalue weighted by molar-refractivity contribution is -0.137. The van der Waals surface area contributed by atoms with Crippen LogP contribution in [0.1, 0.15) is 13.3 Å². The van der Waals surface area contributed by atoms with Gasteiger partial charge in [0.25, 0.3) is 0 Å². The van der Waals surface area contributed by atoms with Crippen LogP contribution in [0.15, 0.2) is 0 Å². The number of carbonyl (C=O) groups excluding carboxylic acids is 1. The lowest BCUT2D eigenvalue weighted by Gasteiger charge is -2.26. The van der Waals surface area contributed by atoms with Crippen LogP contribution in [0.25, 0.3) is 0 Å². The van der Waals surface area contributed by atoms with Gasteiger partial charge in [-0.2, -0.15) is 0 Å². The Hall–Kier alpha value is -0.650. The maximum absolute atomic E-state index is 11.7. The fourth-order valence-corrected chi connectivity index (χ4v) is 1.76. The molecule has 2 atom stereocenters. The average Bonchev–Trinajstić information content (AvgIpc) is 2.63. The summed E-state index contributed by atoms with van der Waals surface area (Å²) in [6.45, 7) is 3.70. The summed E-state index contributed by atoms with van der Waals surface area (Å²) in [4.78, 5) is 13.4. The minimum absolute atomic E-state index is 0.00852. The van der Waals surface area contributed by atoms with Gasteiger partial charge in [-0.15, -0.1) is 0 Å². The van der Waals surface area contributed by atoms with Gasteiger partial charge in [-0.1, -0.05) is 0 Å². The molecule has 1 aliphatic heterocycles. The number of rotatable bonds is 5. The number of nitrogens with two attached hydrogens (primary N) is 1. The van der Waals surface area contributed by atoms with E-state index in [1.807, 2.05) is 6.92 Å². The van der Waals surface area contributed by atoms with E-state index >= 15 is 0 Å². The van der Waals surface area contributed by atoms with E-state index in [1.165, 1.54) is 0 Å². The lowest BCUT2D eigenvalue weighted by atomic mass is 10.1. The fraction of sp³-hybridized carbons (Fsp3) is 0.900. The fourth-order valence-electron chi connectivity index (χ4n) is 1.76. The largest absolute Gasteiger partial charge is 0.376 e. The molecular weight excluding hydrogens is 196 g/mol. The number of likely N-dealkylation sites (N-methyl/N-ethyl adjacent to an activating group) is 1. The van der Waals surface area contributed by atoms with Crippen LogP contribution >= 0.6 is 0 Å². The van der Waals surface area contributed by atoms with Crippen LogP contribution in [-0.4, -0.2) is 56.4 Å². The van der Waals surface area contributed by atoms with Crippen molar-refractivity contribution >= 4 is 5.91 Å². The number of ether oxygens (including phenoxy) is 2. The molecule has 1 amide bonds. The third-order valence-corrected chi connectivity index (χ3v) is 2.71. The van der Waals surface area contributed by atoms with Crippen LogP contribution in [0.2, 0.25) is 0 Å². The molecule has 0 bridgehead atoms. The van der Waals surface area contributed by atoms with Crippen LogP contribution in [0, 0.1) is 0 Å². The number of amides is 1. The van der Waals surface area contributed by atoms with E-state index in [0.717, 1.165) is 13.0 Å². The van der Waals surface area contributed by atoms with Crippen LogP contribution in [0.4, 0.5) is 0 Å². The monoisotopic (exact) mass is 216 g/mol. The summed E-state index contributed by atoms with van der Waals surface area (Å²) >= 11 is 0. The molecule has 1 heterocycles. The zero-order chi connectivity index (χ0) is 11.3. The predicted molar refractivity (Wildman–Crippen MR) is 56.5 cm³/mol. The van der Waals surface area contributed by atoms with Gasteiger partial charge in [-0.3, -0.25) is 4.79 Å². The Kier molecular flexibility index (Phi) is 5.01. The van der Waals surface area contributed by atoms with Gasteiger partial charge >= 0.3 is 0 Å². The number of hydrogen-bond acceptors (Lipinski definition) is 4. The van der Waals surface area contributed by atoms with Gasteiger partial charge in [-0.05, 0) is 13.3 Å². The summed E-state index contributed by atoms with van der Waals surface area (Å²) in [5, 5.41) is 0. The van der Waals surface area contributed by atoms with Crippen LogP contribution in [-0.2, 0) is 14.3 Å². The summed E-state index contributed by atoms with van der Waals surface area (Å²) in [6, 6.07) is 0.180. The summed E-state index contributed by atoms with van der Waals surface area (Å²) in [5.41, 5.74) is 5.27. The molecule has 88 valence electrons. The van der Waals surface area contributed by atoms with Gasteiger partial charge in [0.15, 0.2) is 0 Å². The summed E-state index contributed by atoms with van der Waals surface area (Å²) in [5.74, 6) is -0.00852. The molecule has 0 aromatic heterocycles. The molecule has 0 aromatic rings. The van der Waals surface area contributed by atoms with E-state index < -0.39 is 0 Å². The van der Waals surface area contributed by atoms with E-state index in [9.17, 15) is 4.79 Å². The number of nitrogens with zero attached hydrogens (tertiary/aromatic N) is 1. The molecule has 0 aromatic carbocycles. The van der Waals surface area contributed by atoms with Gasteiger partial charge < -0.3 is 20.1 Å². The van der Waals surface area contributed by atoms with Crippen LogP contribution in [0.3, 0.4) is 0 Å². The molecule has 5 heteroatoms. The van der Waals surface area contributed by atoms with Crippen molar-refractivity contribution in [2.45, 2.75) is 25.5 Å². The van der Waals surface area contributed by atoms with E-state index in [4.69, 9.17) is 15.2 Å². The highest BCUT2D eigenvalue weighted by atomic mass is 16.5. The second-order valence-corrected chi connectivity index (χ2v) is 3.78. The molecule has 1 aliphatic rings. The highest BCUT2D eigenvalue weighted by Gasteiger charge is 2.30. The zero-order valence-corrected chi connectivity index (χ0v) is 9.44. The second kappa shape index (κ2) is 6.05. The lowest BCUT2D eigenvalue weighted by Crippen LogP contribution is -2.42. The Bertz CT molecular complexity index is 211. The smallest absolute Gasteiger partial charge is 0.248 e. The molecule has 5 nitrogen and oxygen atoms in total. The molecule has 0 aliphatic carbocycles. The standard InChI is InChI=1S/C10H20N2O3/c1-8-9(3-5-15-8)12(2)10(13)7-14-6-4-11/h8-9H,3-7,11H2,1-2H3. The third kappa shape index (κ3) is 3.44. The Morgan fingerprint density at radius 3 is 2.93 bits per heavy atom. The van der Waals surface area contributed by atoms with Crippen molar-refractivity contribution in [3.63, 3.8) is 0 Å². The van der Waals surface area contributed by atoms with Crippen molar-refractivity contribution in [2.24, 2.45) is 5.73 Å². The summed E-state index contributed by atoms with van der Waals surface area (Å²) < 4.78 is 10.5. The van der Waals surface area contributed by atoms with Crippen molar-refractivity contribution in [3.05, 3.63) is 0 Å². The molecule has 1 fully saturated rings. The maximum atomic E-state index is 11.7. The first-order valence-corrected chi connectivity index (χ1v) is 5.32. The van der Waals surface area contributed by atoms with Crippen molar-refractivity contribution < 1.29 is 14.3 Å². The minimum Gasteiger partial charge on any atom is -0.376 e.